The molecule has 0 rings (SSSR count). The topological polar surface area (TPSA) is 9.23 Å². The lowest BCUT2D eigenvalue weighted by atomic mass is 10.4. The van der Waals surface area contributed by atoms with E-state index in [0.717, 1.165) is 5.57 Å². The van der Waals surface area contributed by atoms with Crippen molar-refractivity contribution in [3.63, 3.8) is 0 Å². The number of ether oxygens (including phenoxy) is 1. The number of hydrogen-bond donors (Lipinski definition) is 1. The van der Waals surface area contributed by atoms with Crippen molar-refractivity contribution < 1.29 is 4.74 Å². The Balaban J connectivity index is 3.17. The quantitative estimate of drug-likeness (QED) is 0.471. The first kappa shape index (κ1) is 9.05. The zero-order valence-corrected chi connectivity index (χ0v) is 6.95. The molecule has 0 aromatic rings. The first-order valence-electron chi connectivity index (χ1n) is 3.06. The van der Waals surface area contributed by atoms with E-state index in [0.29, 0.717) is 18.5 Å². The van der Waals surface area contributed by atoms with Crippen LogP contribution in [0.3, 0.4) is 0 Å². The van der Waals surface area contributed by atoms with Gasteiger partial charge >= 0.3 is 0 Å². The Morgan fingerprint density at radius 1 is 1.67 bits per heavy atom. The molecule has 0 radical (unpaired) electrons. The Kier molecular flexibility index (Phi) is 4.91. The molecule has 0 aromatic heterocycles. The SMILES string of the molecule is C=C(CS)COC(C)C. The Morgan fingerprint density at radius 2 is 2.22 bits per heavy atom. The van der Waals surface area contributed by atoms with E-state index in [-0.39, 0.29) is 0 Å². The number of thiol groups is 1. The standard InChI is InChI=1S/C7H14OS/c1-6(2)8-4-7(3)5-9/h6,9H,3-5H2,1-2H3. The summed E-state index contributed by atoms with van der Waals surface area (Å²) in [5.74, 6) is 0.715. The van der Waals surface area contributed by atoms with Gasteiger partial charge in [0.2, 0.25) is 0 Å². The van der Waals surface area contributed by atoms with Crippen molar-refractivity contribution in [2.75, 3.05) is 12.4 Å². The van der Waals surface area contributed by atoms with E-state index in [2.05, 4.69) is 19.2 Å². The molecule has 0 aliphatic heterocycles. The van der Waals surface area contributed by atoms with Gasteiger partial charge in [0.15, 0.2) is 0 Å². The van der Waals surface area contributed by atoms with Crippen molar-refractivity contribution >= 4 is 12.6 Å². The molecule has 0 aromatic carbocycles. The van der Waals surface area contributed by atoms with Crippen LogP contribution >= 0.6 is 12.6 Å². The molecule has 0 aliphatic rings. The molecular weight excluding hydrogens is 132 g/mol. The third kappa shape index (κ3) is 5.93. The highest BCUT2D eigenvalue weighted by Crippen LogP contribution is 1.96. The number of rotatable bonds is 4. The summed E-state index contributed by atoms with van der Waals surface area (Å²) in [7, 11) is 0. The zero-order valence-electron chi connectivity index (χ0n) is 6.05. The maximum atomic E-state index is 5.25. The molecule has 0 spiro atoms. The summed E-state index contributed by atoms with van der Waals surface area (Å²) in [4.78, 5) is 0. The van der Waals surface area contributed by atoms with E-state index < -0.39 is 0 Å². The monoisotopic (exact) mass is 146 g/mol. The van der Waals surface area contributed by atoms with Gasteiger partial charge in [-0.2, -0.15) is 12.6 Å². The second kappa shape index (κ2) is 4.89. The molecule has 0 aliphatic carbocycles. The summed E-state index contributed by atoms with van der Waals surface area (Å²) in [6.45, 7) is 8.40. The van der Waals surface area contributed by atoms with Crippen LogP contribution in [0.4, 0.5) is 0 Å². The van der Waals surface area contributed by atoms with Crippen LogP contribution in [0.1, 0.15) is 13.8 Å². The van der Waals surface area contributed by atoms with Crippen LogP contribution in [-0.4, -0.2) is 18.5 Å². The molecule has 0 unspecified atom stereocenters. The average Bonchev–Trinajstić information content (AvgIpc) is 1.83. The Labute approximate surface area is 62.5 Å². The third-order valence-electron chi connectivity index (χ3n) is 0.844. The van der Waals surface area contributed by atoms with Crippen molar-refractivity contribution in [2.45, 2.75) is 20.0 Å². The fourth-order valence-electron chi connectivity index (χ4n) is 0.330. The Morgan fingerprint density at radius 3 is 2.56 bits per heavy atom. The molecular formula is C7H14OS. The van der Waals surface area contributed by atoms with Crippen LogP contribution in [0.15, 0.2) is 12.2 Å². The largest absolute Gasteiger partial charge is 0.374 e. The third-order valence-corrected chi connectivity index (χ3v) is 1.29. The van der Waals surface area contributed by atoms with Gasteiger partial charge in [-0.15, -0.1) is 0 Å². The highest BCUT2D eigenvalue weighted by Gasteiger charge is 1.93. The van der Waals surface area contributed by atoms with Crippen molar-refractivity contribution in [3.05, 3.63) is 12.2 Å². The van der Waals surface area contributed by atoms with Gasteiger partial charge in [-0.3, -0.25) is 0 Å². The van der Waals surface area contributed by atoms with Crippen LogP contribution in [0.25, 0.3) is 0 Å². The van der Waals surface area contributed by atoms with Gasteiger partial charge < -0.3 is 4.74 Å². The van der Waals surface area contributed by atoms with Crippen molar-refractivity contribution in [2.24, 2.45) is 0 Å². The minimum atomic E-state index is 0.293. The predicted molar refractivity (Wildman–Crippen MR) is 44.1 cm³/mol. The van der Waals surface area contributed by atoms with Gasteiger partial charge in [-0.1, -0.05) is 6.58 Å². The van der Waals surface area contributed by atoms with E-state index in [4.69, 9.17) is 4.74 Å². The van der Waals surface area contributed by atoms with Crippen LogP contribution < -0.4 is 0 Å². The fraction of sp³-hybridized carbons (Fsp3) is 0.714. The van der Waals surface area contributed by atoms with E-state index in [1.165, 1.54) is 0 Å². The molecule has 0 saturated carbocycles. The van der Waals surface area contributed by atoms with Crippen LogP contribution in [0.5, 0.6) is 0 Å². The molecule has 0 bridgehead atoms. The van der Waals surface area contributed by atoms with Crippen molar-refractivity contribution in [1.29, 1.82) is 0 Å². The van der Waals surface area contributed by atoms with Crippen LogP contribution in [-0.2, 0) is 4.74 Å². The molecule has 0 atom stereocenters. The summed E-state index contributed by atoms with van der Waals surface area (Å²) >= 11 is 4.04. The van der Waals surface area contributed by atoms with E-state index in [1.807, 2.05) is 13.8 Å². The lowest BCUT2D eigenvalue weighted by molar-refractivity contribution is 0.0978. The fourth-order valence-corrected chi connectivity index (χ4v) is 0.421. The normalized spacial score (nSPS) is 10.2. The van der Waals surface area contributed by atoms with Gasteiger partial charge in [-0.25, -0.2) is 0 Å². The predicted octanol–water partition coefficient (Wildman–Crippen LogP) is 1.90. The van der Waals surface area contributed by atoms with Crippen molar-refractivity contribution in [1.82, 2.24) is 0 Å². The lowest BCUT2D eigenvalue weighted by Crippen LogP contribution is -2.05. The van der Waals surface area contributed by atoms with Gasteiger partial charge in [-0.05, 0) is 19.4 Å². The smallest absolute Gasteiger partial charge is 0.0685 e. The first-order chi connectivity index (χ1) is 4.16. The summed E-state index contributed by atoms with van der Waals surface area (Å²) < 4.78 is 5.25. The maximum Gasteiger partial charge on any atom is 0.0685 e. The minimum absolute atomic E-state index is 0.293. The number of hydrogen-bond acceptors (Lipinski definition) is 2. The molecule has 54 valence electrons. The molecule has 0 saturated heterocycles. The molecule has 0 heterocycles. The molecule has 2 heteroatoms. The summed E-state index contributed by atoms with van der Waals surface area (Å²) in [6, 6.07) is 0. The van der Waals surface area contributed by atoms with E-state index in [1.54, 1.807) is 0 Å². The molecule has 0 fully saturated rings. The minimum Gasteiger partial charge on any atom is -0.374 e. The molecule has 9 heavy (non-hydrogen) atoms. The second-order valence-electron chi connectivity index (χ2n) is 2.27. The molecule has 1 nitrogen and oxygen atoms in total. The highest BCUT2D eigenvalue weighted by atomic mass is 32.1. The summed E-state index contributed by atoms with van der Waals surface area (Å²) in [5, 5.41) is 0. The summed E-state index contributed by atoms with van der Waals surface area (Å²) in [5.41, 5.74) is 1.03. The summed E-state index contributed by atoms with van der Waals surface area (Å²) in [6.07, 6.45) is 0.293. The molecule has 0 N–H and O–H groups in total. The Bertz CT molecular complexity index is 88.9. The maximum absolute atomic E-state index is 5.25. The Hall–Kier alpha value is 0.0500. The zero-order chi connectivity index (χ0) is 7.28. The van der Waals surface area contributed by atoms with E-state index in [9.17, 15) is 0 Å². The second-order valence-corrected chi connectivity index (χ2v) is 2.58. The van der Waals surface area contributed by atoms with Gasteiger partial charge in [0, 0.05) is 5.75 Å². The van der Waals surface area contributed by atoms with Gasteiger partial charge in [0.05, 0.1) is 12.7 Å². The highest BCUT2D eigenvalue weighted by molar-refractivity contribution is 7.80. The van der Waals surface area contributed by atoms with Crippen molar-refractivity contribution in [3.8, 4) is 0 Å². The van der Waals surface area contributed by atoms with Gasteiger partial charge in [0.25, 0.3) is 0 Å². The molecule has 0 amide bonds. The average molecular weight is 146 g/mol. The van der Waals surface area contributed by atoms with Gasteiger partial charge in [0.1, 0.15) is 0 Å². The van der Waals surface area contributed by atoms with E-state index >= 15 is 0 Å². The lowest BCUT2D eigenvalue weighted by Gasteiger charge is -2.06. The van der Waals surface area contributed by atoms with Crippen LogP contribution in [0, 0.1) is 0 Å². The first-order valence-corrected chi connectivity index (χ1v) is 3.69. The van der Waals surface area contributed by atoms with Crippen LogP contribution in [0.2, 0.25) is 0 Å².